The van der Waals surface area contributed by atoms with Crippen molar-refractivity contribution in [3.63, 3.8) is 0 Å². The Bertz CT molecular complexity index is 1230. The molecule has 2 N–H and O–H groups in total. The fourth-order valence-electron chi connectivity index (χ4n) is 5.06. The number of carbonyl (C=O) groups is 1. The van der Waals surface area contributed by atoms with E-state index in [2.05, 4.69) is 49.5 Å². The van der Waals surface area contributed by atoms with E-state index in [-0.39, 0.29) is 30.7 Å². The van der Waals surface area contributed by atoms with Crippen LogP contribution in [0.15, 0.2) is 60.9 Å². The Hall–Kier alpha value is -3.27. The van der Waals surface area contributed by atoms with Crippen LogP contribution in [0.25, 0.3) is 0 Å². The second-order valence-electron chi connectivity index (χ2n) is 9.20. The number of benzene rings is 1. The van der Waals surface area contributed by atoms with Gasteiger partial charge in [0.05, 0.1) is 17.8 Å². The van der Waals surface area contributed by atoms with E-state index in [1.165, 1.54) is 7.11 Å². The number of carbonyl (C=O) groups excluding carboxylic acids is 1. The average molecular weight is 506 g/mol. The molecule has 0 radical (unpaired) electrons. The SMILES string of the molecule is COCC(=O)Nc1ccc(N2C(=S)N[C@H](c3ccccn3)[C@H]2c2cccn2C[C@@H]2CCCO2)cc1C. The van der Waals surface area contributed by atoms with Gasteiger partial charge in [0.15, 0.2) is 5.11 Å². The van der Waals surface area contributed by atoms with Gasteiger partial charge in [0.1, 0.15) is 12.6 Å². The second-order valence-corrected chi connectivity index (χ2v) is 9.58. The summed E-state index contributed by atoms with van der Waals surface area (Å²) in [6.07, 6.45) is 6.32. The van der Waals surface area contributed by atoms with Crippen molar-refractivity contribution < 1.29 is 14.3 Å². The molecule has 0 bridgehead atoms. The smallest absolute Gasteiger partial charge is 0.250 e. The molecule has 0 spiro atoms. The number of hydrogen-bond donors (Lipinski definition) is 2. The highest BCUT2D eigenvalue weighted by molar-refractivity contribution is 7.80. The summed E-state index contributed by atoms with van der Waals surface area (Å²) in [4.78, 5) is 18.9. The summed E-state index contributed by atoms with van der Waals surface area (Å²) in [6, 6.07) is 15.9. The third-order valence-corrected chi connectivity index (χ3v) is 7.04. The minimum absolute atomic E-state index is 0.0108. The minimum Gasteiger partial charge on any atom is -0.376 e. The molecule has 0 saturated carbocycles. The van der Waals surface area contributed by atoms with Crippen LogP contribution >= 0.6 is 12.2 Å². The summed E-state index contributed by atoms with van der Waals surface area (Å²) >= 11 is 5.88. The van der Waals surface area contributed by atoms with Crippen molar-refractivity contribution in [3.8, 4) is 0 Å². The summed E-state index contributed by atoms with van der Waals surface area (Å²) in [6.45, 7) is 3.62. The van der Waals surface area contributed by atoms with Crippen molar-refractivity contribution in [1.82, 2.24) is 14.9 Å². The average Bonchev–Trinajstić information content (AvgIpc) is 3.62. The van der Waals surface area contributed by atoms with Crippen LogP contribution in [0, 0.1) is 6.92 Å². The largest absolute Gasteiger partial charge is 0.376 e. The van der Waals surface area contributed by atoms with E-state index >= 15 is 0 Å². The van der Waals surface area contributed by atoms with E-state index in [4.69, 9.17) is 21.7 Å². The van der Waals surface area contributed by atoms with Crippen LogP contribution in [0.2, 0.25) is 0 Å². The summed E-state index contributed by atoms with van der Waals surface area (Å²) in [7, 11) is 1.50. The molecule has 2 aromatic heterocycles. The van der Waals surface area contributed by atoms with Gasteiger partial charge >= 0.3 is 0 Å². The van der Waals surface area contributed by atoms with E-state index in [9.17, 15) is 4.79 Å². The number of ether oxygens (including phenoxy) is 2. The highest BCUT2D eigenvalue weighted by atomic mass is 32.1. The zero-order valence-corrected chi connectivity index (χ0v) is 21.3. The zero-order chi connectivity index (χ0) is 25.1. The second kappa shape index (κ2) is 10.8. The van der Waals surface area contributed by atoms with E-state index in [0.717, 1.165) is 54.3 Å². The highest BCUT2D eigenvalue weighted by Gasteiger charge is 2.42. The molecular weight excluding hydrogens is 474 g/mol. The molecule has 3 atom stereocenters. The van der Waals surface area contributed by atoms with Crippen LogP contribution < -0.4 is 15.5 Å². The summed E-state index contributed by atoms with van der Waals surface area (Å²) in [5.74, 6) is -0.188. The van der Waals surface area contributed by atoms with E-state index < -0.39 is 0 Å². The molecule has 0 aliphatic carbocycles. The molecule has 9 heteroatoms. The van der Waals surface area contributed by atoms with Crippen LogP contribution in [0.4, 0.5) is 11.4 Å². The first-order chi connectivity index (χ1) is 17.5. The highest BCUT2D eigenvalue weighted by Crippen LogP contribution is 2.42. The Balaban J connectivity index is 1.51. The molecular formula is C27H31N5O3S. The van der Waals surface area contributed by atoms with Gasteiger partial charge in [0.2, 0.25) is 5.91 Å². The molecule has 5 rings (SSSR count). The van der Waals surface area contributed by atoms with Crippen molar-refractivity contribution in [2.24, 2.45) is 0 Å². The van der Waals surface area contributed by atoms with Gasteiger partial charge in [-0.15, -0.1) is 0 Å². The van der Waals surface area contributed by atoms with Crippen molar-refractivity contribution in [1.29, 1.82) is 0 Å². The number of rotatable bonds is 8. The first-order valence-electron chi connectivity index (χ1n) is 12.2. The molecule has 2 fully saturated rings. The lowest BCUT2D eigenvalue weighted by molar-refractivity contribution is -0.119. The topological polar surface area (TPSA) is 80.7 Å². The molecule has 2 aliphatic heterocycles. The molecule has 8 nitrogen and oxygen atoms in total. The Morgan fingerprint density at radius 1 is 1.28 bits per heavy atom. The lowest BCUT2D eigenvalue weighted by atomic mass is 10.0. The van der Waals surface area contributed by atoms with Crippen LogP contribution in [0.5, 0.6) is 0 Å². The fraction of sp³-hybridized carbons (Fsp3) is 0.370. The van der Waals surface area contributed by atoms with E-state index in [1.807, 2.05) is 43.5 Å². The zero-order valence-electron chi connectivity index (χ0n) is 20.5. The number of pyridine rings is 1. The predicted octanol–water partition coefficient (Wildman–Crippen LogP) is 4.13. The number of nitrogens with zero attached hydrogens (tertiary/aromatic N) is 3. The van der Waals surface area contributed by atoms with Gasteiger partial charge in [0.25, 0.3) is 0 Å². The molecule has 1 aromatic carbocycles. The number of nitrogens with one attached hydrogen (secondary N) is 2. The number of hydrogen-bond acceptors (Lipinski definition) is 5. The summed E-state index contributed by atoms with van der Waals surface area (Å²) < 4.78 is 13.2. The molecule has 3 aromatic rings. The van der Waals surface area contributed by atoms with E-state index in [0.29, 0.717) is 5.11 Å². The molecule has 36 heavy (non-hydrogen) atoms. The summed E-state index contributed by atoms with van der Waals surface area (Å²) in [5, 5.41) is 7.06. The first-order valence-corrected chi connectivity index (χ1v) is 12.6. The molecule has 2 aliphatic rings. The van der Waals surface area contributed by atoms with Crippen molar-refractivity contribution in [3.05, 3.63) is 77.9 Å². The quantitative estimate of drug-likeness (QED) is 0.446. The van der Waals surface area contributed by atoms with Gasteiger partial charge in [-0.05, 0) is 80.0 Å². The van der Waals surface area contributed by atoms with Gasteiger partial charge in [-0.3, -0.25) is 9.78 Å². The normalized spacial score (nSPS) is 21.6. The van der Waals surface area contributed by atoms with Crippen LogP contribution in [0.3, 0.4) is 0 Å². The molecule has 0 unspecified atom stereocenters. The van der Waals surface area contributed by atoms with Crippen molar-refractivity contribution in [2.45, 2.75) is 44.5 Å². The fourth-order valence-corrected chi connectivity index (χ4v) is 5.40. The van der Waals surface area contributed by atoms with Crippen molar-refractivity contribution in [2.75, 3.05) is 30.5 Å². The van der Waals surface area contributed by atoms with Gasteiger partial charge in [-0.1, -0.05) is 6.07 Å². The van der Waals surface area contributed by atoms with Crippen molar-refractivity contribution >= 4 is 34.6 Å². The Labute approximate surface area is 216 Å². The van der Waals surface area contributed by atoms with Gasteiger partial charge in [-0.25, -0.2) is 0 Å². The molecule has 2 saturated heterocycles. The third kappa shape index (κ3) is 5.00. The van der Waals surface area contributed by atoms with E-state index in [1.54, 1.807) is 0 Å². The maximum absolute atomic E-state index is 12.0. The summed E-state index contributed by atoms with van der Waals surface area (Å²) in [5.41, 5.74) is 4.71. The predicted molar refractivity (Wildman–Crippen MR) is 143 cm³/mol. The monoisotopic (exact) mass is 505 g/mol. The standard InChI is InChI=1S/C27H31N5O3S/c1-18-15-19(10-11-21(18)29-24(33)17-34-2)32-26(25(30-27(32)36)22-8-3-4-12-28-22)23-9-5-13-31(23)16-20-7-6-14-35-20/h3-5,8-13,15,20,25-26H,6-7,14,16-17H2,1-2H3,(H,29,33)(H,30,36)/t20-,25+,26+/m0/s1. The maximum Gasteiger partial charge on any atom is 0.250 e. The number of methoxy groups -OCH3 is 1. The number of amides is 1. The number of thiocarbonyl (C=S) groups is 1. The van der Waals surface area contributed by atoms with Crippen LogP contribution in [-0.4, -0.2) is 47.0 Å². The Morgan fingerprint density at radius 2 is 2.17 bits per heavy atom. The molecule has 188 valence electrons. The lowest BCUT2D eigenvalue weighted by Gasteiger charge is -2.30. The van der Waals surface area contributed by atoms with Crippen LogP contribution in [-0.2, 0) is 20.8 Å². The van der Waals surface area contributed by atoms with Gasteiger partial charge in [0, 0.05) is 49.7 Å². The lowest BCUT2D eigenvalue weighted by Crippen LogP contribution is -2.31. The van der Waals surface area contributed by atoms with Gasteiger partial charge < -0.3 is 29.6 Å². The third-order valence-electron chi connectivity index (χ3n) is 6.73. The molecule has 4 heterocycles. The minimum atomic E-state index is -0.188. The molecule has 1 amide bonds. The Kier molecular flexibility index (Phi) is 7.31. The van der Waals surface area contributed by atoms with Crippen LogP contribution in [0.1, 0.15) is 41.9 Å². The van der Waals surface area contributed by atoms with Gasteiger partial charge in [-0.2, -0.15) is 0 Å². The number of aryl methyl sites for hydroxylation is 1. The first kappa shape index (κ1) is 24.4. The number of aromatic nitrogens is 2. The Morgan fingerprint density at radius 3 is 2.89 bits per heavy atom. The maximum atomic E-state index is 12.0. The number of anilines is 2.